The minimum atomic E-state index is -0.480. The molecule has 4 aromatic rings. The fourth-order valence-electron chi connectivity index (χ4n) is 3.41. The molecule has 0 bridgehead atoms. The molecule has 7 heteroatoms. The average molecular weight is 400 g/mol. The molecule has 150 valence electrons. The second-order valence-corrected chi connectivity index (χ2v) is 7.17. The van der Waals surface area contributed by atoms with Crippen molar-refractivity contribution in [1.29, 1.82) is 0 Å². The predicted molar refractivity (Wildman–Crippen MR) is 116 cm³/mol. The number of aryl methyl sites for hydroxylation is 2. The molecule has 2 aromatic carbocycles. The van der Waals surface area contributed by atoms with Gasteiger partial charge in [-0.15, -0.1) is 0 Å². The molecule has 0 unspecified atom stereocenters. The van der Waals surface area contributed by atoms with Crippen molar-refractivity contribution in [2.75, 3.05) is 5.32 Å². The number of hydrogen-bond donors (Lipinski definition) is 2. The van der Waals surface area contributed by atoms with Crippen LogP contribution in [0.2, 0.25) is 0 Å². The zero-order valence-corrected chi connectivity index (χ0v) is 16.5. The second-order valence-electron chi connectivity index (χ2n) is 7.17. The number of phenols is 1. The van der Waals surface area contributed by atoms with E-state index in [1.807, 2.05) is 50.2 Å². The largest absolute Gasteiger partial charge is 0.505 e. The Balaban J connectivity index is 1.85. The third kappa shape index (κ3) is 3.77. The van der Waals surface area contributed by atoms with Gasteiger partial charge in [-0.25, -0.2) is 9.97 Å². The number of nitrogens with zero attached hydrogens (tertiary/aromatic N) is 3. The van der Waals surface area contributed by atoms with Gasteiger partial charge in [0.15, 0.2) is 0 Å². The van der Waals surface area contributed by atoms with E-state index in [4.69, 9.17) is 0 Å². The van der Waals surface area contributed by atoms with E-state index in [1.165, 1.54) is 12.1 Å². The Hall–Kier alpha value is -4.00. The molecular formula is C23H20N4O3. The molecule has 2 aromatic heterocycles. The van der Waals surface area contributed by atoms with Gasteiger partial charge in [0.05, 0.1) is 11.0 Å². The molecule has 4 rings (SSSR count). The topological polar surface area (TPSA) is 101 Å². The number of phenolic OH excluding ortho intramolecular Hbond substituents is 1. The van der Waals surface area contributed by atoms with Crippen molar-refractivity contribution in [3.63, 3.8) is 0 Å². The zero-order valence-electron chi connectivity index (χ0n) is 16.5. The first-order valence-corrected chi connectivity index (χ1v) is 9.45. The molecule has 2 N–H and O–H groups in total. The molecule has 0 aliphatic heterocycles. The smallest absolute Gasteiger partial charge is 0.269 e. The van der Waals surface area contributed by atoms with Crippen molar-refractivity contribution in [3.8, 4) is 5.75 Å². The van der Waals surface area contributed by atoms with E-state index < -0.39 is 11.0 Å². The predicted octanol–water partition coefficient (Wildman–Crippen LogP) is 5.06. The average Bonchev–Trinajstić information content (AvgIpc) is 2.73. The molecule has 0 spiro atoms. The highest BCUT2D eigenvalue weighted by atomic mass is 16.6. The molecule has 7 nitrogen and oxygen atoms in total. The monoisotopic (exact) mass is 400 g/mol. The molecule has 1 atom stereocenters. The lowest BCUT2D eigenvalue weighted by molar-refractivity contribution is -0.384. The van der Waals surface area contributed by atoms with Crippen molar-refractivity contribution in [1.82, 2.24) is 9.97 Å². The molecule has 0 amide bonds. The van der Waals surface area contributed by atoms with Gasteiger partial charge in [0.25, 0.3) is 5.69 Å². The number of nitro groups is 1. The number of benzene rings is 2. The molecule has 0 radical (unpaired) electrons. The Kier molecular flexibility index (Phi) is 5.02. The van der Waals surface area contributed by atoms with Gasteiger partial charge in [0, 0.05) is 35.0 Å². The van der Waals surface area contributed by atoms with Gasteiger partial charge in [-0.2, -0.15) is 0 Å². The van der Waals surface area contributed by atoms with E-state index >= 15 is 0 Å². The molecule has 0 aliphatic rings. The number of anilines is 1. The fraction of sp³-hybridized carbons (Fsp3) is 0.130. The standard InChI is InChI=1S/C23H20N4O3/c1-14-11-12-24-20(13-14)26-21(16-5-8-18(9-6-16)27(29)30)19-10-7-17-4-3-15(2)25-22(17)23(19)28/h3-13,21,28H,1-2H3,(H,24,26)/t21-/m0/s1. The number of fused-ring (bicyclic) bond motifs is 1. The summed E-state index contributed by atoms with van der Waals surface area (Å²) in [6, 6.07) is 17.1. The lowest BCUT2D eigenvalue weighted by atomic mass is 9.96. The van der Waals surface area contributed by atoms with E-state index in [0.29, 0.717) is 16.9 Å². The number of non-ortho nitro benzene ring substituents is 1. The van der Waals surface area contributed by atoms with Gasteiger partial charge in [-0.3, -0.25) is 10.1 Å². The highest BCUT2D eigenvalue weighted by Crippen LogP contribution is 2.36. The van der Waals surface area contributed by atoms with E-state index in [2.05, 4.69) is 15.3 Å². The third-order valence-electron chi connectivity index (χ3n) is 4.96. The van der Waals surface area contributed by atoms with Crippen LogP contribution < -0.4 is 5.32 Å². The minimum absolute atomic E-state index is 0.00575. The van der Waals surface area contributed by atoms with Crippen molar-refractivity contribution >= 4 is 22.4 Å². The zero-order chi connectivity index (χ0) is 21.3. The first kappa shape index (κ1) is 19.3. The van der Waals surface area contributed by atoms with Gasteiger partial charge in [0.1, 0.15) is 17.1 Å². The van der Waals surface area contributed by atoms with Gasteiger partial charge < -0.3 is 10.4 Å². The van der Waals surface area contributed by atoms with Crippen molar-refractivity contribution in [2.45, 2.75) is 19.9 Å². The first-order valence-electron chi connectivity index (χ1n) is 9.45. The molecule has 30 heavy (non-hydrogen) atoms. The summed E-state index contributed by atoms with van der Waals surface area (Å²) < 4.78 is 0. The van der Waals surface area contributed by atoms with Crippen molar-refractivity contribution < 1.29 is 10.0 Å². The Morgan fingerprint density at radius 1 is 1.03 bits per heavy atom. The number of hydrogen-bond acceptors (Lipinski definition) is 6. The summed E-state index contributed by atoms with van der Waals surface area (Å²) in [5.41, 5.74) is 3.72. The third-order valence-corrected chi connectivity index (χ3v) is 4.96. The highest BCUT2D eigenvalue weighted by molar-refractivity contribution is 5.86. The normalized spacial score (nSPS) is 11.9. The van der Waals surface area contributed by atoms with Crippen LogP contribution >= 0.6 is 0 Å². The molecule has 2 heterocycles. The Morgan fingerprint density at radius 2 is 1.77 bits per heavy atom. The van der Waals surface area contributed by atoms with Crippen molar-refractivity contribution in [3.05, 3.63) is 99.4 Å². The van der Waals surface area contributed by atoms with Crippen LogP contribution in [0.5, 0.6) is 5.75 Å². The number of rotatable bonds is 5. The van der Waals surface area contributed by atoms with E-state index in [9.17, 15) is 15.2 Å². The van der Waals surface area contributed by atoms with Crippen LogP contribution in [-0.4, -0.2) is 20.0 Å². The van der Waals surface area contributed by atoms with Gasteiger partial charge in [-0.05, 0) is 55.3 Å². The number of aromatic hydroxyl groups is 1. The number of nitro benzene ring substituents is 1. The van der Waals surface area contributed by atoms with Gasteiger partial charge >= 0.3 is 0 Å². The molecule has 0 saturated heterocycles. The Labute approximate surface area is 173 Å². The maximum atomic E-state index is 11.0. The minimum Gasteiger partial charge on any atom is -0.505 e. The molecule has 0 fully saturated rings. The van der Waals surface area contributed by atoms with Crippen LogP contribution in [0.15, 0.2) is 66.9 Å². The number of pyridine rings is 2. The summed E-state index contributed by atoms with van der Waals surface area (Å²) in [6.45, 7) is 3.84. The van der Waals surface area contributed by atoms with Crippen molar-refractivity contribution in [2.24, 2.45) is 0 Å². The second kappa shape index (κ2) is 7.79. The maximum Gasteiger partial charge on any atom is 0.269 e. The summed E-state index contributed by atoms with van der Waals surface area (Å²) in [4.78, 5) is 19.5. The summed E-state index contributed by atoms with van der Waals surface area (Å²) in [5, 5.41) is 26.3. The Morgan fingerprint density at radius 3 is 2.47 bits per heavy atom. The number of nitrogens with one attached hydrogen (secondary N) is 1. The quantitative estimate of drug-likeness (QED) is 0.359. The van der Waals surface area contributed by atoms with Gasteiger partial charge in [0.2, 0.25) is 0 Å². The van der Waals surface area contributed by atoms with Gasteiger partial charge in [-0.1, -0.05) is 18.2 Å². The van der Waals surface area contributed by atoms with Crippen LogP contribution in [0.3, 0.4) is 0 Å². The van der Waals surface area contributed by atoms with E-state index in [-0.39, 0.29) is 11.4 Å². The van der Waals surface area contributed by atoms with Crippen LogP contribution in [0.25, 0.3) is 10.9 Å². The summed E-state index contributed by atoms with van der Waals surface area (Å²) >= 11 is 0. The SMILES string of the molecule is Cc1ccnc(N[C@@H](c2ccc([N+](=O)[O-])cc2)c2ccc3ccc(C)nc3c2O)c1. The molecule has 0 saturated carbocycles. The maximum absolute atomic E-state index is 11.0. The van der Waals surface area contributed by atoms with Crippen LogP contribution in [0.4, 0.5) is 11.5 Å². The lowest BCUT2D eigenvalue weighted by Crippen LogP contribution is -2.14. The Bertz CT molecular complexity index is 1240. The van der Waals surface area contributed by atoms with Crippen LogP contribution in [0, 0.1) is 24.0 Å². The highest BCUT2D eigenvalue weighted by Gasteiger charge is 2.21. The van der Waals surface area contributed by atoms with Crippen LogP contribution in [-0.2, 0) is 0 Å². The van der Waals surface area contributed by atoms with E-state index in [1.54, 1.807) is 18.3 Å². The summed E-state index contributed by atoms with van der Waals surface area (Å²) in [7, 11) is 0. The van der Waals surface area contributed by atoms with Crippen LogP contribution in [0.1, 0.15) is 28.4 Å². The lowest BCUT2D eigenvalue weighted by Gasteiger charge is -2.22. The molecular weight excluding hydrogens is 380 g/mol. The van der Waals surface area contributed by atoms with E-state index in [0.717, 1.165) is 22.2 Å². The first-order chi connectivity index (χ1) is 14.4. The molecule has 0 aliphatic carbocycles. The summed E-state index contributed by atoms with van der Waals surface area (Å²) in [5.74, 6) is 0.703. The fourth-order valence-corrected chi connectivity index (χ4v) is 3.41. The summed E-state index contributed by atoms with van der Waals surface area (Å²) in [6.07, 6.45) is 1.70. The number of aromatic nitrogens is 2.